The third-order valence-electron chi connectivity index (χ3n) is 5.36. The van der Waals surface area contributed by atoms with Gasteiger partial charge in [0.2, 0.25) is 11.8 Å². The van der Waals surface area contributed by atoms with E-state index in [9.17, 15) is 14.4 Å². The van der Waals surface area contributed by atoms with Gasteiger partial charge in [0.25, 0.3) is 5.56 Å². The van der Waals surface area contributed by atoms with Crippen LogP contribution in [0.25, 0.3) is 0 Å². The van der Waals surface area contributed by atoms with E-state index in [1.54, 1.807) is 0 Å². The third-order valence-corrected chi connectivity index (χ3v) is 6.30. The number of thioether (sulfide) groups is 1. The van der Waals surface area contributed by atoms with Crippen LogP contribution in [0.4, 0.5) is 11.5 Å². The first-order valence-electron chi connectivity index (χ1n) is 10.5. The highest BCUT2D eigenvalue weighted by Crippen LogP contribution is 2.31. The van der Waals surface area contributed by atoms with Crippen LogP contribution < -0.4 is 16.2 Å². The molecule has 0 radical (unpaired) electrons. The molecule has 32 heavy (non-hydrogen) atoms. The van der Waals surface area contributed by atoms with E-state index in [4.69, 9.17) is 0 Å². The van der Waals surface area contributed by atoms with Gasteiger partial charge in [0.15, 0.2) is 5.16 Å². The molecule has 8 heteroatoms. The summed E-state index contributed by atoms with van der Waals surface area (Å²) in [4.78, 5) is 45.5. The summed E-state index contributed by atoms with van der Waals surface area (Å²) in [5, 5.41) is 5.93. The molecule has 0 saturated carbocycles. The van der Waals surface area contributed by atoms with Crippen molar-refractivity contribution in [3.63, 3.8) is 0 Å². The van der Waals surface area contributed by atoms with Gasteiger partial charge in [0.1, 0.15) is 5.82 Å². The van der Waals surface area contributed by atoms with E-state index < -0.39 is 17.4 Å². The monoisotopic (exact) mass is 448 g/mol. The molecule has 2 aromatic carbocycles. The first-order chi connectivity index (χ1) is 15.4. The number of hydrogen-bond donors (Lipinski definition) is 3. The zero-order valence-corrected chi connectivity index (χ0v) is 18.7. The Morgan fingerprint density at radius 2 is 2.00 bits per heavy atom. The molecule has 1 atom stereocenters. The molecule has 1 aliphatic heterocycles. The van der Waals surface area contributed by atoms with Crippen LogP contribution in [-0.2, 0) is 21.8 Å². The van der Waals surface area contributed by atoms with Gasteiger partial charge in [0.05, 0.1) is 11.5 Å². The van der Waals surface area contributed by atoms with Crippen LogP contribution in [-0.4, -0.2) is 21.8 Å². The summed E-state index contributed by atoms with van der Waals surface area (Å²) in [6.07, 6.45) is 0.648. The highest BCUT2D eigenvalue weighted by molar-refractivity contribution is 7.98. The second-order valence-electron chi connectivity index (χ2n) is 7.72. The summed E-state index contributed by atoms with van der Waals surface area (Å²) in [5.74, 6) is -0.866. The fraction of sp³-hybridized carbons (Fsp3) is 0.250. The van der Waals surface area contributed by atoms with Gasteiger partial charge in [-0.05, 0) is 30.5 Å². The zero-order chi connectivity index (χ0) is 22.7. The number of hydrogen-bond acceptors (Lipinski definition) is 5. The Balaban J connectivity index is 1.58. The molecule has 0 saturated heterocycles. The summed E-state index contributed by atoms with van der Waals surface area (Å²) in [7, 11) is 0. The molecule has 1 aliphatic rings. The molecule has 2 amide bonds. The van der Waals surface area contributed by atoms with Crippen LogP contribution in [0.1, 0.15) is 41.5 Å². The van der Waals surface area contributed by atoms with Crippen LogP contribution in [0.2, 0.25) is 0 Å². The van der Waals surface area contributed by atoms with Crippen molar-refractivity contribution in [2.45, 2.75) is 43.5 Å². The van der Waals surface area contributed by atoms with Crippen molar-refractivity contribution < 1.29 is 9.59 Å². The highest BCUT2D eigenvalue weighted by atomic mass is 32.2. The lowest BCUT2D eigenvalue weighted by Crippen LogP contribution is -2.36. The van der Waals surface area contributed by atoms with E-state index in [1.165, 1.54) is 11.8 Å². The summed E-state index contributed by atoms with van der Waals surface area (Å²) >= 11 is 1.37. The number of aromatic nitrogens is 2. The zero-order valence-electron chi connectivity index (χ0n) is 17.9. The topological polar surface area (TPSA) is 104 Å². The van der Waals surface area contributed by atoms with E-state index in [1.807, 2.05) is 56.3 Å². The van der Waals surface area contributed by atoms with Crippen molar-refractivity contribution in [1.29, 1.82) is 0 Å². The van der Waals surface area contributed by atoms with Crippen molar-refractivity contribution in [2.75, 3.05) is 10.6 Å². The van der Waals surface area contributed by atoms with Crippen molar-refractivity contribution in [3.05, 3.63) is 81.1 Å². The molecule has 164 valence electrons. The Labute approximate surface area is 190 Å². The Kier molecular flexibility index (Phi) is 6.41. The fourth-order valence-corrected chi connectivity index (χ4v) is 4.57. The number of nitrogens with zero attached hydrogens (tertiary/aromatic N) is 1. The Morgan fingerprint density at radius 3 is 2.78 bits per heavy atom. The molecular formula is C24H24N4O3S. The number of aromatic amines is 1. The summed E-state index contributed by atoms with van der Waals surface area (Å²) in [6, 6.07) is 15.6. The minimum atomic E-state index is -0.907. The van der Waals surface area contributed by atoms with Gasteiger partial charge in [-0.15, -0.1) is 0 Å². The molecule has 1 aromatic heterocycles. The first kappa shape index (κ1) is 21.8. The average Bonchev–Trinajstić information content (AvgIpc) is 2.77. The van der Waals surface area contributed by atoms with Gasteiger partial charge in [-0.25, -0.2) is 4.98 Å². The van der Waals surface area contributed by atoms with Crippen LogP contribution in [0, 0.1) is 6.92 Å². The van der Waals surface area contributed by atoms with Crippen LogP contribution in [0.15, 0.2) is 58.5 Å². The predicted molar refractivity (Wildman–Crippen MR) is 126 cm³/mol. The van der Waals surface area contributed by atoms with Gasteiger partial charge in [-0.1, -0.05) is 66.7 Å². The molecule has 7 nitrogen and oxygen atoms in total. The maximum Gasteiger partial charge on any atom is 0.257 e. The van der Waals surface area contributed by atoms with Gasteiger partial charge in [-0.3, -0.25) is 14.4 Å². The smallest absolute Gasteiger partial charge is 0.257 e. The highest BCUT2D eigenvalue weighted by Gasteiger charge is 2.35. The van der Waals surface area contributed by atoms with E-state index in [2.05, 4.69) is 26.7 Å². The number of carbonyl (C=O) groups is 2. The summed E-state index contributed by atoms with van der Waals surface area (Å²) in [5.41, 5.74) is 3.70. The van der Waals surface area contributed by atoms with E-state index in [0.717, 1.165) is 23.1 Å². The number of nitrogens with one attached hydrogen (secondary N) is 3. The number of fused-ring (bicyclic) bond motifs is 1. The molecule has 0 unspecified atom stereocenters. The lowest BCUT2D eigenvalue weighted by atomic mass is 9.92. The molecule has 3 N–H and O–H groups in total. The number of carbonyl (C=O) groups excluding carboxylic acids is 2. The van der Waals surface area contributed by atoms with Gasteiger partial charge in [0, 0.05) is 17.9 Å². The largest absolute Gasteiger partial charge is 0.325 e. The molecule has 0 fully saturated rings. The average molecular weight is 449 g/mol. The van der Waals surface area contributed by atoms with E-state index >= 15 is 0 Å². The third kappa shape index (κ3) is 4.75. The Bertz CT molecular complexity index is 1240. The van der Waals surface area contributed by atoms with E-state index in [-0.39, 0.29) is 23.7 Å². The van der Waals surface area contributed by atoms with Gasteiger partial charge < -0.3 is 15.6 Å². The van der Waals surface area contributed by atoms with Gasteiger partial charge in [-0.2, -0.15) is 0 Å². The van der Waals surface area contributed by atoms with Crippen LogP contribution in [0.5, 0.6) is 0 Å². The number of anilines is 2. The second kappa shape index (κ2) is 9.40. The quantitative estimate of drug-likeness (QED) is 0.391. The first-order valence-corrected chi connectivity index (χ1v) is 11.4. The minimum absolute atomic E-state index is 0.104. The number of benzene rings is 2. The van der Waals surface area contributed by atoms with E-state index in [0.29, 0.717) is 16.6 Å². The van der Waals surface area contributed by atoms with Crippen molar-refractivity contribution in [2.24, 2.45) is 0 Å². The molecule has 2 heterocycles. The molecule has 3 aromatic rings. The molecule has 0 aliphatic carbocycles. The Morgan fingerprint density at radius 1 is 1.19 bits per heavy atom. The lowest BCUT2D eigenvalue weighted by Gasteiger charge is -2.24. The fourth-order valence-electron chi connectivity index (χ4n) is 3.77. The predicted octanol–water partition coefficient (Wildman–Crippen LogP) is 4.00. The van der Waals surface area contributed by atoms with Crippen molar-refractivity contribution >= 4 is 35.1 Å². The second-order valence-corrected chi connectivity index (χ2v) is 8.68. The maximum absolute atomic E-state index is 13.0. The SMILES string of the molecule is CCc1ccccc1NC(=O)[C@H]1CC(=O)Nc2nc(SCc3cccc(C)c3)[nH]c(=O)c21. The maximum atomic E-state index is 13.0. The summed E-state index contributed by atoms with van der Waals surface area (Å²) < 4.78 is 0. The van der Waals surface area contributed by atoms with Crippen LogP contribution in [0.3, 0.4) is 0 Å². The lowest BCUT2D eigenvalue weighted by molar-refractivity contribution is -0.123. The summed E-state index contributed by atoms with van der Waals surface area (Å²) in [6.45, 7) is 4.02. The Hall–Kier alpha value is -3.39. The molecule has 0 bridgehead atoms. The molecule has 0 spiro atoms. The molecule has 4 rings (SSSR count). The van der Waals surface area contributed by atoms with Crippen LogP contribution >= 0.6 is 11.8 Å². The minimum Gasteiger partial charge on any atom is -0.325 e. The number of rotatable bonds is 6. The van der Waals surface area contributed by atoms with Crippen molar-refractivity contribution in [1.82, 2.24) is 9.97 Å². The number of amides is 2. The number of H-pyrrole nitrogens is 1. The molecular weight excluding hydrogens is 424 g/mol. The normalized spacial score (nSPS) is 15.1. The van der Waals surface area contributed by atoms with Gasteiger partial charge >= 0.3 is 0 Å². The van der Waals surface area contributed by atoms with Crippen molar-refractivity contribution in [3.8, 4) is 0 Å². The number of para-hydroxylation sites is 1. The standard InChI is InChI=1S/C24H24N4O3S/c1-3-16-9-4-5-10-18(16)25-22(30)17-12-19(29)26-21-20(17)23(31)28-24(27-21)32-13-15-8-6-7-14(2)11-15/h4-11,17H,3,12-13H2,1-2H3,(H,25,30)(H2,26,27,28,29,31)/t17-/m0/s1. The number of aryl methyl sites for hydroxylation is 2.